The van der Waals surface area contributed by atoms with Crippen LogP contribution in [0.2, 0.25) is 0 Å². The van der Waals surface area contributed by atoms with E-state index in [9.17, 15) is 4.79 Å². The molecular weight excluding hydrogens is 360 g/mol. The predicted molar refractivity (Wildman–Crippen MR) is 108 cm³/mol. The van der Waals surface area contributed by atoms with Gasteiger partial charge < -0.3 is 14.3 Å². The van der Waals surface area contributed by atoms with Crippen molar-refractivity contribution in [2.45, 2.75) is 44.0 Å². The van der Waals surface area contributed by atoms with Gasteiger partial charge in [-0.25, -0.2) is 0 Å². The Bertz CT molecular complexity index is 932. The van der Waals surface area contributed by atoms with Crippen LogP contribution in [0.5, 0.6) is 0 Å². The zero-order chi connectivity index (χ0) is 19.6. The number of thioether (sulfide) groups is 1. The number of amides is 1. The zero-order valence-electron chi connectivity index (χ0n) is 16.2. The smallest absolute Gasteiger partial charge is 0.237 e. The molecular formula is C20H24N4O2S. The molecule has 3 rings (SSSR count). The minimum atomic E-state index is -0.322. The summed E-state index contributed by atoms with van der Waals surface area (Å²) in [4.78, 5) is 12.8. The lowest BCUT2D eigenvalue weighted by molar-refractivity contribution is -0.115. The van der Waals surface area contributed by atoms with E-state index >= 15 is 0 Å². The molecule has 0 aliphatic heterocycles. The number of nitrogens with one attached hydrogen (secondary N) is 1. The van der Waals surface area contributed by atoms with Crippen LogP contribution in [0, 0.1) is 6.92 Å². The fraction of sp³-hybridized carbons (Fsp3) is 0.350. The van der Waals surface area contributed by atoms with Gasteiger partial charge in [0.2, 0.25) is 5.91 Å². The van der Waals surface area contributed by atoms with Gasteiger partial charge in [-0.15, -0.1) is 10.2 Å². The maximum atomic E-state index is 12.8. The lowest BCUT2D eigenvalue weighted by atomic mass is 9.98. The summed E-state index contributed by atoms with van der Waals surface area (Å²) in [6, 6.07) is 9.73. The summed E-state index contributed by atoms with van der Waals surface area (Å²) < 4.78 is 7.22. The van der Waals surface area contributed by atoms with Crippen LogP contribution in [0.1, 0.15) is 37.8 Å². The molecule has 1 N–H and O–H groups in total. The maximum Gasteiger partial charge on any atom is 0.237 e. The quantitative estimate of drug-likeness (QED) is 0.628. The first-order valence-electron chi connectivity index (χ1n) is 8.88. The minimum absolute atomic E-state index is 0.0567. The van der Waals surface area contributed by atoms with Crippen LogP contribution >= 0.6 is 11.8 Å². The molecule has 27 heavy (non-hydrogen) atoms. The third-order valence-electron chi connectivity index (χ3n) is 4.40. The molecule has 3 aromatic rings. The number of nitrogens with zero attached hydrogens (tertiary/aromatic N) is 3. The monoisotopic (exact) mass is 384 g/mol. The van der Waals surface area contributed by atoms with Gasteiger partial charge in [0.15, 0.2) is 16.7 Å². The highest BCUT2D eigenvalue weighted by Gasteiger charge is 2.21. The number of aromatic nitrogens is 3. The van der Waals surface area contributed by atoms with E-state index < -0.39 is 0 Å². The van der Waals surface area contributed by atoms with Crippen molar-refractivity contribution in [3.05, 3.63) is 47.7 Å². The van der Waals surface area contributed by atoms with E-state index in [1.165, 1.54) is 11.8 Å². The summed E-state index contributed by atoms with van der Waals surface area (Å²) >= 11 is 1.37. The van der Waals surface area contributed by atoms with Crippen LogP contribution in [0.15, 0.2) is 46.2 Å². The molecule has 0 aliphatic carbocycles. The Hall–Kier alpha value is -2.54. The lowest BCUT2D eigenvalue weighted by Gasteiger charge is -2.18. The van der Waals surface area contributed by atoms with Gasteiger partial charge in [-0.1, -0.05) is 43.8 Å². The Balaban J connectivity index is 1.74. The highest BCUT2D eigenvalue weighted by atomic mass is 32.2. The first kappa shape index (κ1) is 19.2. The third kappa shape index (κ3) is 4.08. The highest BCUT2D eigenvalue weighted by molar-refractivity contribution is 8.00. The fourth-order valence-corrected chi connectivity index (χ4v) is 3.63. The van der Waals surface area contributed by atoms with E-state index in [1.54, 1.807) is 12.3 Å². The van der Waals surface area contributed by atoms with Crippen molar-refractivity contribution in [2.75, 3.05) is 5.32 Å². The SMILES string of the molecule is Cc1cccc(C(C)C)c1NC(=O)[C@@H](C)Sc1nnc(-c2ccco2)n1C. The highest BCUT2D eigenvalue weighted by Crippen LogP contribution is 2.30. The van der Waals surface area contributed by atoms with Crippen molar-refractivity contribution in [1.29, 1.82) is 0 Å². The largest absolute Gasteiger partial charge is 0.461 e. The van der Waals surface area contributed by atoms with E-state index in [-0.39, 0.29) is 11.2 Å². The molecule has 0 bridgehead atoms. The Labute approximate surface area is 163 Å². The average molecular weight is 385 g/mol. The van der Waals surface area contributed by atoms with Crippen molar-refractivity contribution in [3.63, 3.8) is 0 Å². The van der Waals surface area contributed by atoms with E-state index in [2.05, 4.69) is 35.4 Å². The molecule has 142 valence electrons. The van der Waals surface area contributed by atoms with Crippen molar-refractivity contribution in [3.8, 4) is 11.6 Å². The van der Waals surface area contributed by atoms with Crippen LogP contribution in [-0.4, -0.2) is 25.9 Å². The zero-order valence-corrected chi connectivity index (χ0v) is 17.0. The molecule has 2 heterocycles. The number of benzene rings is 1. The third-order valence-corrected chi connectivity index (χ3v) is 5.54. The predicted octanol–water partition coefficient (Wildman–Crippen LogP) is 4.63. The first-order valence-corrected chi connectivity index (χ1v) is 9.76. The molecule has 7 heteroatoms. The van der Waals surface area contributed by atoms with E-state index in [1.807, 2.05) is 43.7 Å². The van der Waals surface area contributed by atoms with Gasteiger partial charge in [0.25, 0.3) is 0 Å². The summed E-state index contributed by atoms with van der Waals surface area (Å²) in [7, 11) is 1.86. The van der Waals surface area contributed by atoms with Crippen molar-refractivity contribution in [1.82, 2.24) is 14.8 Å². The normalized spacial score (nSPS) is 12.4. The number of furan rings is 1. The number of anilines is 1. The number of para-hydroxylation sites is 1. The topological polar surface area (TPSA) is 73.0 Å². The van der Waals surface area contributed by atoms with Crippen molar-refractivity contribution < 1.29 is 9.21 Å². The molecule has 0 fully saturated rings. The molecule has 0 unspecified atom stereocenters. The molecule has 0 radical (unpaired) electrons. The van der Waals surface area contributed by atoms with Crippen LogP contribution < -0.4 is 5.32 Å². The molecule has 6 nitrogen and oxygen atoms in total. The van der Waals surface area contributed by atoms with Crippen LogP contribution in [0.4, 0.5) is 5.69 Å². The number of hydrogen-bond acceptors (Lipinski definition) is 5. The summed E-state index contributed by atoms with van der Waals surface area (Å²) in [6.07, 6.45) is 1.60. The molecule has 2 aromatic heterocycles. The maximum absolute atomic E-state index is 12.8. The summed E-state index contributed by atoms with van der Waals surface area (Å²) in [5.74, 6) is 1.56. The Morgan fingerprint density at radius 3 is 2.63 bits per heavy atom. The molecule has 0 saturated heterocycles. The van der Waals surface area contributed by atoms with Gasteiger partial charge >= 0.3 is 0 Å². The second kappa shape index (κ2) is 8.00. The van der Waals surface area contributed by atoms with Crippen LogP contribution in [-0.2, 0) is 11.8 Å². The first-order chi connectivity index (χ1) is 12.9. The van der Waals surface area contributed by atoms with Crippen LogP contribution in [0.25, 0.3) is 11.6 Å². The van der Waals surface area contributed by atoms with Gasteiger partial charge in [0.1, 0.15) is 0 Å². The van der Waals surface area contributed by atoms with Gasteiger partial charge in [0.05, 0.1) is 11.5 Å². The second-order valence-electron chi connectivity index (χ2n) is 6.79. The van der Waals surface area contributed by atoms with Crippen molar-refractivity contribution in [2.24, 2.45) is 7.05 Å². The number of rotatable bonds is 6. The van der Waals surface area contributed by atoms with Gasteiger partial charge in [-0.05, 0) is 43.0 Å². The Kier molecular flexibility index (Phi) is 5.70. The molecule has 1 atom stereocenters. The number of carbonyl (C=O) groups is 1. The van der Waals surface area contributed by atoms with Gasteiger partial charge in [-0.3, -0.25) is 4.79 Å². The Morgan fingerprint density at radius 1 is 1.19 bits per heavy atom. The number of aryl methyl sites for hydroxylation is 1. The lowest BCUT2D eigenvalue weighted by Crippen LogP contribution is -2.24. The van der Waals surface area contributed by atoms with Gasteiger partial charge in [0, 0.05) is 12.7 Å². The molecule has 1 amide bonds. The van der Waals surface area contributed by atoms with Crippen molar-refractivity contribution >= 4 is 23.4 Å². The van der Waals surface area contributed by atoms with E-state index in [4.69, 9.17) is 4.42 Å². The fourth-order valence-electron chi connectivity index (χ4n) is 2.82. The summed E-state index contributed by atoms with van der Waals surface area (Å²) in [5, 5.41) is 11.8. The minimum Gasteiger partial charge on any atom is -0.461 e. The van der Waals surface area contributed by atoms with Gasteiger partial charge in [-0.2, -0.15) is 0 Å². The standard InChI is InChI=1S/C20H24N4O2S/c1-12(2)15-9-6-8-13(3)17(15)21-19(25)14(4)27-20-23-22-18(24(20)5)16-10-7-11-26-16/h6-12,14H,1-5H3,(H,21,25)/t14-/m1/s1. The molecule has 0 aliphatic rings. The number of hydrogen-bond donors (Lipinski definition) is 1. The van der Waals surface area contributed by atoms with Crippen LogP contribution in [0.3, 0.4) is 0 Å². The Morgan fingerprint density at radius 2 is 1.96 bits per heavy atom. The molecule has 0 spiro atoms. The average Bonchev–Trinajstić information content (AvgIpc) is 3.27. The van der Waals surface area contributed by atoms with E-state index in [0.29, 0.717) is 22.7 Å². The summed E-state index contributed by atoms with van der Waals surface area (Å²) in [5.41, 5.74) is 3.10. The molecule has 1 aromatic carbocycles. The second-order valence-corrected chi connectivity index (χ2v) is 8.09. The number of carbonyl (C=O) groups excluding carboxylic acids is 1. The summed E-state index contributed by atoms with van der Waals surface area (Å²) in [6.45, 7) is 8.13. The van der Waals surface area contributed by atoms with E-state index in [0.717, 1.165) is 16.8 Å². The molecule has 0 saturated carbocycles.